The summed E-state index contributed by atoms with van der Waals surface area (Å²) in [5.74, 6) is -0.985. The number of halogens is 1. The normalized spacial score (nSPS) is 18.5. The van der Waals surface area contributed by atoms with E-state index in [-0.39, 0.29) is 18.7 Å². The largest absolute Gasteiger partial charge is 0.283 e. The van der Waals surface area contributed by atoms with Gasteiger partial charge in [0.05, 0.1) is 0 Å². The second-order valence-electron chi connectivity index (χ2n) is 8.30. The van der Waals surface area contributed by atoms with Gasteiger partial charge in [-0.25, -0.2) is 17.1 Å². The summed E-state index contributed by atoms with van der Waals surface area (Å²) in [6, 6.07) is 24.8. The Labute approximate surface area is 200 Å². The second kappa shape index (κ2) is 10.7. The minimum atomic E-state index is -3.99. The molecule has 4 rings (SSSR count). The number of amides is 1. The topological polar surface area (TPSA) is 66.8 Å². The first kappa shape index (κ1) is 23.8. The summed E-state index contributed by atoms with van der Waals surface area (Å²) < 4.78 is 41.3. The standard InChI is InChI=1S/C27H27FN2O3S/c28-24-16-9-13-22(20-24)17-19-30-27(31)25(26(34(30,32)33)23-14-5-2-6-15-23)29-18-8-7-12-21-10-3-1-4-11-21/h1-6,9-11,13-16,20,26H,7-8,12,17-19H2. The van der Waals surface area contributed by atoms with E-state index in [1.165, 1.54) is 17.7 Å². The SMILES string of the molecule is O=C1C(=NCCCCc2ccccc2)C(c2ccccc2)S(=O)(=O)N1CCc1cccc(F)c1. The Morgan fingerprint density at radius 2 is 1.50 bits per heavy atom. The molecule has 34 heavy (non-hydrogen) atoms. The number of carbonyl (C=O) groups excluding carboxylic acids is 1. The number of benzene rings is 3. The maximum absolute atomic E-state index is 13.5. The minimum Gasteiger partial charge on any atom is -0.282 e. The van der Waals surface area contributed by atoms with Crippen molar-refractivity contribution < 1.29 is 17.6 Å². The molecule has 1 unspecified atom stereocenters. The monoisotopic (exact) mass is 478 g/mol. The number of aliphatic imine (C=N–C) groups is 1. The number of aryl methyl sites for hydroxylation is 1. The van der Waals surface area contributed by atoms with Gasteiger partial charge in [-0.05, 0) is 54.5 Å². The summed E-state index contributed by atoms with van der Waals surface area (Å²) in [6.07, 6.45) is 2.77. The van der Waals surface area contributed by atoms with Gasteiger partial charge in [-0.15, -0.1) is 0 Å². The number of unbranched alkanes of at least 4 members (excludes halogenated alkanes) is 1. The molecule has 1 fully saturated rings. The van der Waals surface area contributed by atoms with E-state index in [0.29, 0.717) is 17.7 Å². The highest BCUT2D eigenvalue weighted by atomic mass is 32.2. The van der Waals surface area contributed by atoms with Crippen LogP contribution in [-0.4, -0.2) is 37.4 Å². The smallest absolute Gasteiger partial charge is 0.282 e. The predicted octanol–water partition coefficient (Wildman–Crippen LogP) is 4.75. The van der Waals surface area contributed by atoms with Crippen LogP contribution in [0.15, 0.2) is 89.9 Å². The number of hydrogen-bond donors (Lipinski definition) is 0. The summed E-state index contributed by atoms with van der Waals surface area (Å²) in [6.45, 7) is 0.325. The molecule has 1 saturated heterocycles. The summed E-state index contributed by atoms with van der Waals surface area (Å²) >= 11 is 0. The Morgan fingerprint density at radius 1 is 0.824 bits per heavy atom. The molecule has 3 aromatic carbocycles. The van der Waals surface area contributed by atoms with Gasteiger partial charge in [-0.1, -0.05) is 72.8 Å². The molecule has 1 aliphatic heterocycles. The Morgan fingerprint density at radius 3 is 2.21 bits per heavy atom. The highest BCUT2D eigenvalue weighted by molar-refractivity contribution is 7.91. The van der Waals surface area contributed by atoms with Crippen molar-refractivity contribution in [2.24, 2.45) is 4.99 Å². The van der Waals surface area contributed by atoms with E-state index >= 15 is 0 Å². The zero-order valence-corrected chi connectivity index (χ0v) is 19.6. The first-order chi connectivity index (χ1) is 16.5. The molecule has 0 aromatic heterocycles. The number of rotatable bonds is 9. The lowest BCUT2D eigenvalue weighted by Gasteiger charge is -2.16. The van der Waals surface area contributed by atoms with E-state index in [4.69, 9.17) is 0 Å². The van der Waals surface area contributed by atoms with E-state index in [1.807, 2.05) is 18.2 Å². The van der Waals surface area contributed by atoms with Crippen LogP contribution in [-0.2, 0) is 27.7 Å². The van der Waals surface area contributed by atoms with Gasteiger partial charge >= 0.3 is 0 Å². The van der Waals surface area contributed by atoms with Crippen molar-refractivity contribution in [3.05, 3.63) is 107 Å². The van der Waals surface area contributed by atoms with Gasteiger partial charge in [-0.2, -0.15) is 0 Å². The van der Waals surface area contributed by atoms with E-state index < -0.39 is 27.0 Å². The summed E-state index contributed by atoms with van der Waals surface area (Å²) in [5.41, 5.74) is 2.45. The van der Waals surface area contributed by atoms with Crippen molar-refractivity contribution in [3.8, 4) is 0 Å². The molecule has 0 aliphatic carbocycles. The lowest BCUT2D eigenvalue weighted by molar-refractivity contribution is -0.119. The van der Waals surface area contributed by atoms with Crippen LogP contribution in [0.4, 0.5) is 4.39 Å². The van der Waals surface area contributed by atoms with Crippen molar-refractivity contribution in [2.45, 2.75) is 30.9 Å². The quantitative estimate of drug-likeness (QED) is 0.417. The maximum atomic E-state index is 13.5. The van der Waals surface area contributed by atoms with Gasteiger partial charge in [0.1, 0.15) is 11.5 Å². The van der Waals surface area contributed by atoms with Crippen molar-refractivity contribution in [3.63, 3.8) is 0 Å². The van der Waals surface area contributed by atoms with Gasteiger partial charge in [0.25, 0.3) is 15.9 Å². The van der Waals surface area contributed by atoms with Crippen LogP contribution < -0.4 is 0 Å². The van der Waals surface area contributed by atoms with Crippen molar-refractivity contribution in [1.29, 1.82) is 0 Å². The van der Waals surface area contributed by atoms with Crippen LogP contribution in [0.25, 0.3) is 0 Å². The number of hydrogen-bond acceptors (Lipinski definition) is 4. The van der Waals surface area contributed by atoms with E-state index in [2.05, 4.69) is 17.1 Å². The molecule has 1 aliphatic rings. The minimum absolute atomic E-state index is 0.0546. The first-order valence-electron chi connectivity index (χ1n) is 11.4. The fraction of sp³-hybridized carbons (Fsp3) is 0.259. The fourth-order valence-electron chi connectivity index (χ4n) is 4.17. The third kappa shape index (κ3) is 5.42. The molecule has 1 heterocycles. The second-order valence-corrected chi connectivity index (χ2v) is 10.2. The number of sulfonamides is 1. The predicted molar refractivity (Wildman–Crippen MR) is 132 cm³/mol. The van der Waals surface area contributed by atoms with Crippen LogP contribution >= 0.6 is 0 Å². The highest BCUT2D eigenvalue weighted by Gasteiger charge is 2.50. The molecule has 0 saturated carbocycles. The van der Waals surface area contributed by atoms with E-state index in [9.17, 15) is 17.6 Å². The molecule has 5 nitrogen and oxygen atoms in total. The molecule has 7 heteroatoms. The van der Waals surface area contributed by atoms with Gasteiger partial charge in [0, 0.05) is 13.1 Å². The first-order valence-corrected chi connectivity index (χ1v) is 12.9. The number of nitrogens with zero attached hydrogens (tertiary/aromatic N) is 2. The van der Waals surface area contributed by atoms with E-state index in [1.54, 1.807) is 42.5 Å². The van der Waals surface area contributed by atoms with E-state index in [0.717, 1.165) is 23.6 Å². The molecule has 0 bridgehead atoms. The Hall–Kier alpha value is -3.32. The van der Waals surface area contributed by atoms with Gasteiger partial charge in [-0.3, -0.25) is 9.79 Å². The molecule has 0 radical (unpaired) electrons. The Kier molecular flexibility index (Phi) is 7.53. The average molecular weight is 479 g/mol. The zero-order valence-electron chi connectivity index (χ0n) is 18.8. The molecule has 0 N–H and O–H groups in total. The molecule has 0 spiro atoms. The third-order valence-corrected chi connectivity index (χ3v) is 7.95. The van der Waals surface area contributed by atoms with Crippen molar-refractivity contribution in [1.82, 2.24) is 4.31 Å². The Bertz CT molecular complexity index is 1260. The molecule has 1 atom stereocenters. The fourth-order valence-corrected chi connectivity index (χ4v) is 6.05. The summed E-state index contributed by atoms with van der Waals surface area (Å²) in [5, 5.41) is -1.12. The van der Waals surface area contributed by atoms with Gasteiger partial charge < -0.3 is 0 Å². The lowest BCUT2D eigenvalue weighted by Crippen LogP contribution is -2.33. The zero-order chi connectivity index (χ0) is 24.0. The summed E-state index contributed by atoms with van der Waals surface area (Å²) in [7, 11) is -3.99. The van der Waals surface area contributed by atoms with Crippen molar-refractivity contribution >= 4 is 21.6 Å². The molecule has 3 aromatic rings. The summed E-state index contributed by atoms with van der Waals surface area (Å²) in [4.78, 5) is 17.7. The Balaban J connectivity index is 1.51. The molecule has 176 valence electrons. The third-order valence-electron chi connectivity index (χ3n) is 5.89. The van der Waals surface area contributed by atoms with Crippen LogP contribution in [0.5, 0.6) is 0 Å². The molecule has 1 amide bonds. The van der Waals surface area contributed by atoms with Crippen LogP contribution in [0.3, 0.4) is 0 Å². The van der Waals surface area contributed by atoms with Crippen LogP contribution in [0.1, 0.15) is 34.8 Å². The molecular formula is C27H27FN2O3S. The average Bonchev–Trinajstić information content (AvgIpc) is 3.03. The van der Waals surface area contributed by atoms with Gasteiger partial charge in [0.2, 0.25) is 0 Å². The molecular weight excluding hydrogens is 451 g/mol. The van der Waals surface area contributed by atoms with Crippen LogP contribution in [0, 0.1) is 5.82 Å². The lowest BCUT2D eigenvalue weighted by atomic mass is 10.1. The maximum Gasteiger partial charge on any atom is 0.283 e. The van der Waals surface area contributed by atoms with Crippen molar-refractivity contribution in [2.75, 3.05) is 13.1 Å². The highest BCUT2D eigenvalue weighted by Crippen LogP contribution is 2.34. The van der Waals surface area contributed by atoms with Crippen LogP contribution in [0.2, 0.25) is 0 Å². The van der Waals surface area contributed by atoms with Gasteiger partial charge in [0.15, 0.2) is 5.25 Å². The number of carbonyl (C=O) groups is 1.